The molecule has 0 fully saturated rings. The van der Waals surface area contributed by atoms with Gasteiger partial charge in [-0.25, -0.2) is 4.79 Å². The van der Waals surface area contributed by atoms with Crippen LogP contribution in [-0.4, -0.2) is 27.9 Å². The lowest BCUT2D eigenvalue weighted by atomic mass is 10.1. The summed E-state index contributed by atoms with van der Waals surface area (Å²) in [4.78, 5) is 39.9. The van der Waals surface area contributed by atoms with E-state index in [2.05, 4.69) is 10.3 Å². The number of nitro groups is 1. The van der Waals surface area contributed by atoms with Gasteiger partial charge in [0.2, 0.25) is 0 Å². The number of hydrogen-bond acceptors (Lipinski definition) is 6. The van der Waals surface area contributed by atoms with E-state index in [0.29, 0.717) is 27.8 Å². The van der Waals surface area contributed by atoms with E-state index in [0.717, 1.165) is 0 Å². The Hall–Kier alpha value is -3.81. The lowest BCUT2D eigenvalue weighted by Gasteiger charge is -2.17. The maximum Gasteiger partial charge on any atom is 0.339 e. The van der Waals surface area contributed by atoms with E-state index in [1.807, 2.05) is 6.07 Å². The van der Waals surface area contributed by atoms with Gasteiger partial charge >= 0.3 is 5.97 Å². The highest BCUT2D eigenvalue weighted by atomic mass is 16.6. The molecule has 1 unspecified atom stereocenters. The fourth-order valence-corrected chi connectivity index (χ4v) is 2.88. The summed E-state index contributed by atoms with van der Waals surface area (Å²) in [6.45, 7) is 3.51. The highest BCUT2D eigenvalue weighted by molar-refractivity contribution is 6.05. The molecule has 3 aromatic rings. The smallest absolute Gasteiger partial charge is 0.339 e. The van der Waals surface area contributed by atoms with Crippen molar-refractivity contribution in [2.45, 2.75) is 26.4 Å². The van der Waals surface area contributed by atoms with Crippen LogP contribution in [0.2, 0.25) is 0 Å². The van der Waals surface area contributed by atoms with Crippen LogP contribution in [0.1, 0.15) is 29.4 Å². The second kappa shape index (κ2) is 8.47. The number of nitro benzene ring substituents is 1. The second-order valence-corrected chi connectivity index (χ2v) is 6.42. The number of nitrogens with zero attached hydrogens (tertiary/aromatic N) is 2. The van der Waals surface area contributed by atoms with Crippen LogP contribution in [0.25, 0.3) is 10.9 Å². The Balaban J connectivity index is 1.76. The van der Waals surface area contributed by atoms with Gasteiger partial charge in [-0.1, -0.05) is 25.1 Å². The number of nitrogens with one attached hydrogen (secondary N) is 1. The number of esters is 1. The van der Waals surface area contributed by atoms with Crippen LogP contribution < -0.4 is 5.32 Å². The molecule has 0 spiro atoms. The standard InChI is InChI=1S/C21H19N3O5/c1-3-19(20(25)23-14-8-10-15(11-9-14)24(27)28)29-21(26)17-12-13(2)22-18-7-5-4-6-16(17)18/h4-12,19H,3H2,1-2H3,(H,23,25). The Morgan fingerprint density at radius 1 is 1.17 bits per heavy atom. The Morgan fingerprint density at radius 3 is 2.52 bits per heavy atom. The molecule has 1 aromatic heterocycles. The Kier molecular flexibility index (Phi) is 5.82. The first-order chi connectivity index (χ1) is 13.9. The fourth-order valence-electron chi connectivity index (χ4n) is 2.88. The molecule has 0 aliphatic heterocycles. The summed E-state index contributed by atoms with van der Waals surface area (Å²) in [5.41, 5.74) is 1.97. The molecule has 0 aliphatic carbocycles. The zero-order chi connectivity index (χ0) is 21.0. The molecule has 1 atom stereocenters. The van der Waals surface area contributed by atoms with E-state index < -0.39 is 22.9 Å². The molecular weight excluding hydrogens is 374 g/mol. The van der Waals surface area contributed by atoms with Crippen LogP contribution >= 0.6 is 0 Å². The molecule has 8 nitrogen and oxygen atoms in total. The predicted octanol–water partition coefficient (Wildman–Crippen LogP) is 4.03. The largest absolute Gasteiger partial charge is 0.449 e. The fraction of sp³-hybridized carbons (Fsp3) is 0.190. The molecule has 0 saturated heterocycles. The number of rotatable bonds is 6. The van der Waals surface area contributed by atoms with Gasteiger partial charge in [0.05, 0.1) is 16.0 Å². The first-order valence-corrected chi connectivity index (χ1v) is 9.01. The van der Waals surface area contributed by atoms with Crippen molar-refractivity contribution in [3.8, 4) is 0 Å². The van der Waals surface area contributed by atoms with Crippen LogP contribution in [0.15, 0.2) is 54.6 Å². The van der Waals surface area contributed by atoms with Gasteiger partial charge in [0.15, 0.2) is 6.10 Å². The van der Waals surface area contributed by atoms with Crippen molar-refractivity contribution >= 4 is 34.2 Å². The summed E-state index contributed by atoms with van der Waals surface area (Å²) in [5.74, 6) is -1.12. The molecule has 0 saturated carbocycles. The number of non-ortho nitro benzene ring substituents is 1. The molecule has 148 valence electrons. The van der Waals surface area contributed by atoms with Gasteiger partial charge in [-0.05, 0) is 37.6 Å². The maximum atomic E-state index is 12.8. The molecule has 1 heterocycles. The first kappa shape index (κ1) is 19.9. The topological polar surface area (TPSA) is 111 Å². The summed E-state index contributed by atoms with van der Waals surface area (Å²) in [7, 11) is 0. The highest BCUT2D eigenvalue weighted by Crippen LogP contribution is 2.21. The highest BCUT2D eigenvalue weighted by Gasteiger charge is 2.23. The SMILES string of the molecule is CCC(OC(=O)c1cc(C)nc2ccccc12)C(=O)Nc1ccc([N+](=O)[O-])cc1. The monoisotopic (exact) mass is 393 g/mol. The summed E-state index contributed by atoms with van der Waals surface area (Å²) in [5, 5.41) is 14.0. The number of carbonyl (C=O) groups excluding carboxylic acids is 2. The van der Waals surface area contributed by atoms with Crippen LogP contribution in [0.5, 0.6) is 0 Å². The zero-order valence-corrected chi connectivity index (χ0v) is 15.9. The Bertz CT molecular complexity index is 1080. The van der Waals surface area contributed by atoms with E-state index in [1.165, 1.54) is 24.3 Å². The lowest BCUT2D eigenvalue weighted by molar-refractivity contribution is -0.384. The third-order valence-corrected chi connectivity index (χ3v) is 4.32. The summed E-state index contributed by atoms with van der Waals surface area (Å²) < 4.78 is 5.46. The maximum absolute atomic E-state index is 12.8. The van der Waals surface area contributed by atoms with E-state index in [9.17, 15) is 19.7 Å². The number of benzene rings is 2. The van der Waals surface area contributed by atoms with Gasteiger partial charge in [0.25, 0.3) is 11.6 Å². The van der Waals surface area contributed by atoms with Crippen molar-refractivity contribution in [3.05, 3.63) is 76.0 Å². The number of para-hydroxylation sites is 1. The normalized spacial score (nSPS) is 11.7. The summed E-state index contributed by atoms with van der Waals surface area (Å²) >= 11 is 0. The minimum absolute atomic E-state index is 0.0820. The van der Waals surface area contributed by atoms with Crippen LogP contribution in [0.4, 0.5) is 11.4 Å². The number of hydrogen-bond donors (Lipinski definition) is 1. The lowest BCUT2D eigenvalue weighted by Crippen LogP contribution is -2.32. The zero-order valence-electron chi connectivity index (χ0n) is 15.9. The van der Waals surface area contributed by atoms with Gasteiger partial charge in [-0.3, -0.25) is 19.9 Å². The molecule has 3 rings (SSSR count). The molecule has 0 aliphatic rings. The number of carbonyl (C=O) groups is 2. The van der Waals surface area contributed by atoms with Crippen LogP contribution in [0.3, 0.4) is 0 Å². The minimum Gasteiger partial charge on any atom is -0.449 e. The van der Waals surface area contributed by atoms with Gasteiger partial charge < -0.3 is 10.1 Å². The molecule has 0 bridgehead atoms. The molecule has 2 aromatic carbocycles. The van der Waals surface area contributed by atoms with Gasteiger partial charge in [0.1, 0.15) is 0 Å². The molecule has 8 heteroatoms. The third kappa shape index (κ3) is 4.55. The van der Waals surface area contributed by atoms with Crippen molar-refractivity contribution < 1.29 is 19.2 Å². The van der Waals surface area contributed by atoms with Gasteiger partial charge in [-0.2, -0.15) is 0 Å². The number of pyridine rings is 1. The quantitative estimate of drug-likeness (QED) is 0.384. The first-order valence-electron chi connectivity index (χ1n) is 9.01. The number of amides is 1. The van der Waals surface area contributed by atoms with E-state index in [-0.39, 0.29) is 12.1 Å². The Morgan fingerprint density at radius 2 is 1.86 bits per heavy atom. The van der Waals surface area contributed by atoms with Crippen LogP contribution in [-0.2, 0) is 9.53 Å². The number of anilines is 1. The average molecular weight is 393 g/mol. The number of aryl methyl sites for hydroxylation is 1. The van der Waals surface area contributed by atoms with Crippen LogP contribution in [0, 0.1) is 17.0 Å². The van der Waals surface area contributed by atoms with Crippen molar-refractivity contribution in [1.29, 1.82) is 0 Å². The van der Waals surface area contributed by atoms with Crippen molar-refractivity contribution in [3.63, 3.8) is 0 Å². The van der Waals surface area contributed by atoms with E-state index in [1.54, 1.807) is 38.1 Å². The molecular formula is C21H19N3O5. The predicted molar refractivity (Wildman–Crippen MR) is 108 cm³/mol. The average Bonchev–Trinajstić information content (AvgIpc) is 2.71. The summed E-state index contributed by atoms with van der Waals surface area (Å²) in [6.07, 6.45) is -0.739. The van der Waals surface area contributed by atoms with Crippen molar-refractivity contribution in [1.82, 2.24) is 4.98 Å². The van der Waals surface area contributed by atoms with E-state index >= 15 is 0 Å². The van der Waals surface area contributed by atoms with Gasteiger partial charge in [0, 0.05) is 28.9 Å². The summed E-state index contributed by atoms with van der Waals surface area (Å²) in [6, 6.07) is 14.3. The number of aromatic nitrogens is 1. The van der Waals surface area contributed by atoms with Gasteiger partial charge in [-0.15, -0.1) is 0 Å². The molecule has 29 heavy (non-hydrogen) atoms. The number of ether oxygens (including phenoxy) is 1. The second-order valence-electron chi connectivity index (χ2n) is 6.42. The van der Waals surface area contributed by atoms with Crippen molar-refractivity contribution in [2.75, 3.05) is 5.32 Å². The van der Waals surface area contributed by atoms with Crippen molar-refractivity contribution in [2.24, 2.45) is 0 Å². The third-order valence-electron chi connectivity index (χ3n) is 4.32. The Labute approximate surface area is 166 Å². The van der Waals surface area contributed by atoms with E-state index in [4.69, 9.17) is 4.74 Å². The number of fused-ring (bicyclic) bond motifs is 1. The minimum atomic E-state index is -1.01. The molecule has 0 radical (unpaired) electrons. The molecule has 1 N–H and O–H groups in total. The molecule has 1 amide bonds.